The monoisotopic (exact) mass is 490 g/mol. The average molecular weight is 491 g/mol. The molecule has 8 heteroatoms. The van der Waals surface area contributed by atoms with Crippen LogP contribution < -0.4 is 15.2 Å². The van der Waals surface area contributed by atoms with Gasteiger partial charge in [-0.05, 0) is 43.3 Å². The fourth-order valence-electron chi connectivity index (χ4n) is 3.79. The van der Waals surface area contributed by atoms with Crippen molar-refractivity contribution in [1.29, 1.82) is 5.26 Å². The summed E-state index contributed by atoms with van der Waals surface area (Å²) >= 11 is 3.42. The highest BCUT2D eigenvalue weighted by Gasteiger charge is 2.33. The average Bonchev–Trinajstić information content (AvgIpc) is 3.41. The molecule has 5 rings (SSSR count). The molecule has 0 spiro atoms. The molecule has 1 aliphatic rings. The van der Waals surface area contributed by atoms with Crippen molar-refractivity contribution in [2.24, 2.45) is 5.73 Å². The standard InChI is InChI=1S/C24H15BrN2O5/c1-12-16-9-13(25)4-7-18(16)31-22(12)24(28)30-14-5-6-15-20(10-14)32-23(27)17(11-26)21(15)19-3-2-8-29-19/h2-10,21H,27H2,1H3. The summed E-state index contributed by atoms with van der Waals surface area (Å²) in [7, 11) is 0. The summed E-state index contributed by atoms with van der Waals surface area (Å²) in [6.07, 6.45) is 1.53. The Kier molecular flexibility index (Phi) is 4.76. The van der Waals surface area contributed by atoms with Gasteiger partial charge >= 0.3 is 5.97 Å². The number of nitrogens with zero attached hydrogens (tertiary/aromatic N) is 1. The molecule has 2 aromatic heterocycles. The molecular formula is C24H15BrN2O5. The lowest BCUT2D eigenvalue weighted by molar-refractivity contribution is 0.0702. The smallest absolute Gasteiger partial charge is 0.379 e. The fraction of sp³-hybridized carbons (Fsp3) is 0.0833. The van der Waals surface area contributed by atoms with Crippen LogP contribution in [-0.4, -0.2) is 5.97 Å². The lowest BCUT2D eigenvalue weighted by atomic mass is 9.87. The van der Waals surface area contributed by atoms with Crippen LogP contribution in [-0.2, 0) is 0 Å². The number of halogens is 1. The van der Waals surface area contributed by atoms with Crippen LogP contribution in [0.5, 0.6) is 11.5 Å². The molecule has 0 saturated heterocycles. The van der Waals surface area contributed by atoms with E-state index in [9.17, 15) is 10.1 Å². The Morgan fingerprint density at radius 1 is 1.22 bits per heavy atom. The number of ether oxygens (including phenoxy) is 2. The van der Waals surface area contributed by atoms with Crippen molar-refractivity contribution in [2.45, 2.75) is 12.8 Å². The number of benzene rings is 2. The van der Waals surface area contributed by atoms with E-state index in [1.807, 2.05) is 12.1 Å². The van der Waals surface area contributed by atoms with Crippen molar-refractivity contribution in [3.05, 3.63) is 93.4 Å². The van der Waals surface area contributed by atoms with Gasteiger partial charge in [0.1, 0.15) is 34.5 Å². The molecule has 2 N–H and O–H groups in total. The fourth-order valence-corrected chi connectivity index (χ4v) is 4.15. The van der Waals surface area contributed by atoms with Crippen molar-refractivity contribution in [3.63, 3.8) is 0 Å². The molecule has 1 atom stereocenters. The number of hydrogen-bond donors (Lipinski definition) is 1. The van der Waals surface area contributed by atoms with Gasteiger partial charge in [-0.25, -0.2) is 4.79 Å². The van der Waals surface area contributed by atoms with Crippen LogP contribution >= 0.6 is 15.9 Å². The number of furan rings is 2. The Morgan fingerprint density at radius 3 is 2.81 bits per heavy atom. The van der Waals surface area contributed by atoms with E-state index in [2.05, 4.69) is 22.0 Å². The van der Waals surface area contributed by atoms with Crippen molar-refractivity contribution in [3.8, 4) is 17.6 Å². The molecule has 3 heterocycles. The van der Waals surface area contributed by atoms with Gasteiger partial charge in [-0.2, -0.15) is 5.26 Å². The highest BCUT2D eigenvalue weighted by atomic mass is 79.9. The van der Waals surface area contributed by atoms with E-state index in [1.165, 1.54) is 6.26 Å². The van der Waals surface area contributed by atoms with Crippen molar-refractivity contribution in [2.75, 3.05) is 0 Å². The molecule has 0 fully saturated rings. The first-order valence-corrected chi connectivity index (χ1v) is 10.4. The number of fused-ring (bicyclic) bond motifs is 2. The Morgan fingerprint density at radius 2 is 2.06 bits per heavy atom. The van der Waals surface area contributed by atoms with Crippen molar-refractivity contribution < 1.29 is 23.1 Å². The number of esters is 1. The molecular weight excluding hydrogens is 476 g/mol. The Bertz CT molecular complexity index is 1440. The van der Waals surface area contributed by atoms with Crippen LogP contribution in [0.3, 0.4) is 0 Å². The van der Waals surface area contributed by atoms with E-state index in [1.54, 1.807) is 43.3 Å². The molecule has 7 nitrogen and oxygen atoms in total. The van der Waals surface area contributed by atoms with Crippen LogP contribution in [0.2, 0.25) is 0 Å². The Hall–Kier alpha value is -3.96. The van der Waals surface area contributed by atoms with Gasteiger partial charge in [0.15, 0.2) is 0 Å². The predicted octanol–water partition coefficient (Wildman–Crippen LogP) is 5.53. The first-order valence-electron chi connectivity index (χ1n) is 9.62. The number of hydrogen-bond acceptors (Lipinski definition) is 7. The quantitative estimate of drug-likeness (QED) is 0.296. The molecule has 1 unspecified atom stereocenters. The second kappa shape index (κ2) is 7.62. The molecule has 0 bridgehead atoms. The van der Waals surface area contributed by atoms with E-state index in [4.69, 9.17) is 24.0 Å². The molecule has 0 saturated carbocycles. The molecule has 0 radical (unpaired) electrons. The number of carbonyl (C=O) groups excluding carboxylic acids is 1. The Labute approximate surface area is 190 Å². The lowest BCUT2D eigenvalue weighted by Crippen LogP contribution is -2.21. The molecule has 2 aromatic carbocycles. The summed E-state index contributed by atoms with van der Waals surface area (Å²) in [6, 6.07) is 16.0. The van der Waals surface area contributed by atoms with E-state index < -0.39 is 11.9 Å². The number of carbonyl (C=O) groups is 1. The second-order valence-corrected chi connectivity index (χ2v) is 8.14. The number of nitriles is 1. The molecule has 0 aliphatic carbocycles. The molecule has 4 aromatic rings. The largest absolute Gasteiger partial charge is 0.468 e. The van der Waals surface area contributed by atoms with Crippen LogP contribution in [0.15, 0.2) is 79.6 Å². The second-order valence-electron chi connectivity index (χ2n) is 7.23. The Balaban J connectivity index is 1.48. The van der Waals surface area contributed by atoms with Gasteiger partial charge in [-0.1, -0.05) is 22.0 Å². The van der Waals surface area contributed by atoms with Gasteiger partial charge in [-0.3, -0.25) is 0 Å². The molecule has 158 valence electrons. The minimum atomic E-state index is -0.630. The van der Waals surface area contributed by atoms with Gasteiger partial charge in [-0.15, -0.1) is 0 Å². The first kappa shape index (κ1) is 20.0. The predicted molar refractivity (Wildman–Crippen MR) is 118 cm³/mol. The zero-order valence-electron chi connectivity index (χ0n) is 16.7. The summed E-state index contributed by atoms with van der Waals surface area (Å²) in [5, 5.41) is 10.4. The topological polar surface area (TPSA) is 112 Å². The molecule has 0 amide bonds. The summed E-state index contributed by atoms with van der Waals surface area (Å²) in [4.78, 5) is 12.8. The third-order valence-corrected chi connectivity index (χ3v) is 5.81. The normalized spacial score (nSPS) is 15.2. The number of aryl methyl sites for hydroxylation is 1. The third-order valence-electron chi connectivity index (χ3n) is 5.31. The summed E-state index contributed by atoms with van der Waals surface area (Å²) in [5.41, 5.74) is 8.19. The van der Waals surface area contributed by atoms with E-state index in [0.29, 0.717) is 28.2 Å². The van der Waals surface area contributed by atoms with Gasteiger partial charge in [0, 0.05) is 27.1 Å². The summed E-state index contributed by atoms with van der Waals surface area (Å²) in [6.45, 7) is 1.80. The zero-order chi connectivity index (χ0) is 22.4. The van der Waals surface area contributed by atoms with Crippen LogP contribution in [0, 0.1) is 18.3 Å². The summed E-state index contributed by atoms with van der Waals surface area (Å²) < 4.78 is 23.3. The minimum absolute atomic E-state index is 0.0245. The maximum absolute atomic E-state index is 12.8. The number of nitrogens with two attached hydrogens (primary N) is 1. The van der Waals surface area contributed by atoms with Gasteiger partial charge < -0.3 is 24.0 Å². The zero-order valence-corrected chi connectivity index (χ0v) is 18.3. The van der Waals surface area contributed by atoms with Gasteiger partial charge in [0.05, 0.1) is 12.2 Å². The minimum Gasteiger partial charge on any atom is -0.468 e. The van der Waals surface area contributed by atoms with E-state index >= 15 is 0 Å². The van der Waals surface area contributed by atoms with Crippen molar-refractivity contribution >= 4 is 32.9 Å². The maximum Gasteiger partial charge on any atom is 0.379 e. The van der Waals surface area contributed by atoms with Gasteiger partial charge in [0.25, 0.3) is 0 Å². The highest BCUT2D eigenvalue weighted by Crippen LogP contribution is 2.43. The first-order chi connectivity index (χ1) is 15.5. The maximum atomic E-state index is 12.8. The van der Waals surface area contributed by atoms with Crippen LogP contribution in [0.1, 0.15) is 33.4 Å². The SMILES string of the molecule is Cc1c(C(=O)Oc2ccc3c(c2)OC(N)=C(C#N)C3c2ccco2)oc2ccc(Br)cc12. The van der Waals surface area contributed by atoms with E-state index in [-0.39, 0.29) is 23.0 Å². The molecule has 32 heavy (non-hydrogen) atoms. The van der Waals surface area contributed by atoms with E-state index in [0.717, 1.165) is 9.86 Å². The van der Waals surface area contributed by atoms with Crippen LogP contribution in [0.25, 0.3) is 11.0 Å². The van der Waals surface area contributed by atoms with Crippen LogP contribution in [0.4, 0.5) is 0 Å². The number of rotatable bonds is 3. The summed E-state index contributed by atoms with van der Waals surface area (Å²) in [5.74, 6) is 0.136. The van der Waals surface area contributed by atoms with Gasteiger partial charge in [0.2, 0.25) is 11.6 Å². The van der Waals surface area contributed by atoms with Crippen molar-refractivity contribution in [1.82, 2.24) is 0 Å². The lowest BCUT2D eigenvalue weighted by Gasteiger charge is -2.25. The number of allylic oxidation sites excluding steroid dienone is 1. The highest BCUT2D eigenvalue weighted by molar-refractivity contribution is 9.10. The third kappa shape index (κ3) is 3.24. The molecule has 1 aliphatic heterocycles.